The zero-order valence-corrected chi connectivity index (χ0v) is 12.3. The van der Waals surface area contributed by atoms with Gasteiger partial charge in [0.1, 0.15) is 5.75 Å². The zero-order valence-electron chi connectivity index (χ0n) is 12.3. The van der Waals surface area contributed by atoms with E-state index in [1.165, 1.54) is 12.1 Å². The minimum Gasteiger partial charge on any atom is -0.434 e. The number of halogens is 2. The Balaban J connectivity index is 1.86. The molecule has 0 atom stereocenters. The number of hydrogen-bond donors (Lipinski definition) is 0. The summed E-state index contributed by atoms with van der Waals surface area (Å²) in [6, 6.07) is 4.86. The average molecular weight is 322 g/mol. The monoisotopic (exact) mass is 322 g/mol. The number of carbonyl (C=O) groups excluding carboxylic acids is 1. The summed E-state index contributed by atoms with van der Waals surface area (Å²) in [5.74, 6) is -0.133. The maximum absolute atomic E-state index is 12.5. The Morgan fingerprint density at radius 2 is 2.09 bits per heavy atom. The first-order valence-corrected chi connectivity index (χ1v) is 7.33. The van der Waals surface area contributed by atoms with Crippen LogP contribution >= 0.6 is 0 Å². The molecule has 23 heavy (non-hydrogen) atoms. The van der Waals surface area contributed by atoms with E-state index in [1.807, 2.05) is 10.9 Å². The van der Waals surface area contributed by atoms with Gasteiger partial charge in [-0.15, -0.1) is 0 Å². The van der Waals surface area contributed by atoms with Crippen molar-refractivity contribution in [3.05, 3.63) is 36.2 Å². The third kappa shape index (κ3) is 3.56. The number of rotatable bonds is 5. The van der Waals surface area contributed by atoms with Gasteiger partial charge in [-0.3, -0.25) is 9.48 Å². The molecule has 0 unspecified atom stereocenters. The molecular formula is C16H16F2N2O3. The SMILES string of the molecule is O=Cc1ccc(-c2cnn(C3CCOCC3)c2)cc1OC(F)F. The highest BCUT2D eigenvalue weighted by Crippen LogP contribution is 2.29. The Labute approximate surface area is 131 Å². The van der Waals surface area contributed by atoms with Crippen LogP contribution in [-0.4, -0.2) is 35.9 Å². The molecule has 5 nitrogen and oxygen atoms in total. The van der Waals surface area contributed by atoms with E-state index in [2.05, 4.69) is 9.84 Å². The Hall–Kier alpha value is -2.28. The first-order chi connectivity index (χ1) is 11.2. The first-order valence-electron chi connectivity index (χ1n) is 7.33. The summed E-state index contributed by atoms with van der Waals surface area (Å²) in [6.07, 6.45) is 5.83. The Kier molecular flexibility index (Phi) is 4.66. The molecule has 3 rings (SSSR count). The van der Waals surface area contributed by atoms with Crippen LogP contribution in [0.5, 0.6) is 5.75 Å². The van der Waals surface area contributed by atoms with Gasteiger partial charge in [0.15, 0.2) is 6.29 Å². The summed E-state index contributed by atoms with van der Waals surface area (Å²) in [5.41, 5.74) is 1.54. The fourth-order valence-electron chi connectivity index (χ4n) is 2.65. The van der Waals surface area contributed by atoms with Crippen LogP contribution in [0.3, 0.4) is 0 Å². The highest BCUT2D eigenvalue weighted by Gasteiger charge is 2.17. The van der Waals surface area contributed by atoms with Crippen molar-refractivity contribution in [2.45, 2.75) is 25.5 Å². The fourth-order valence-corrected chi connectivity index (χ4v) is 2.65. The second kappa shape index (κ2) is 6.87. The normalized spacial score (nSPS) is 15.8. The van der Waals surface area contributed by atoms with Crippen LogP contribution in [0.25, 0.3) is 11.1 Å². The van der Waals surface area contributed by atoms with Crippen LogP contribution in [0.2, 0.25) is 0 Å². The quantitative estimate of drug-likeness (QED) is 0.793. The number of benzene rings is 1. The van der Waals surface area contributed by atoms with Gasteiger partial charge in [0.25, 0.3) is 0 Å². The predicted octanol–water partition coefficient (Wildman–Crippen LogP) is 3.32. The lowest BCUT2D eigenvalue weighted by atomic mass is 10.1. The van der Waals surface area contributed by atoms with Crippen molar-refractivity contribution in [3.63, 3.8) is 0 Å². The lowest BCUT2D eigenvalue weighted by Gasteiger charge is -2.22. The Morgan fingerprint density at radius 3 is 2.78 bits per heavy atom. The van der Waals surface area contributed by atoms with E-state index in [0.717, 1.165) is 18.4 Å². The number of alkyl halides is 2. The van der Waals surface area contributed by atoms with Crippen molar-refractivity contribution in [3.8, 4) is 16.9 Å². The van der Waals surface area contributed by atoms with Gasteiger partial charge in [0, 0.05) is 25.0 Å². The van der Waals surface area contributed by atoms with Crippen LogP contribution < -0.4 is 4.74 Å². The van der Waals surface area contributed by atoms with E-state index < -0.39 is 6.61 Å². The van der Waals surface area contributed by atoms with Gasteiger partial charge in [0.2, 0.25) is 0 Å². The molecule has 0 aliphatic carbocycles. The van der Waals surface area contributed by atoms with Crippen molar-refractivity contribution in [2.75, 3.05) is 13.2 Å². The maximum atomic E-state index is 12.5. The molecule has 2 aromatic rings. The van der Waals surface area contributed by atoms with E-state index in [-0.39, 0.29) is 17.4 Å². The molecule has 0 bridgehead atoms. The summed E-state index contributed by atoms with van der Waals surface area (Å²) in [5, 5.41) is 4.35. The maximum Gasteiger partial charge on any atom is 0.387 e. The average Bonchev–Trinajstić information content (AvgIpc) is 3.05. The number of nitrogens with zero attached hydrogens (tertiary/aromatic N) is 2. The van der Waals surface area contributed by atoms with E-state index in [1.54, 1.807) is 12.3 Å². The third-order valence-electron chi connectivity index (χ3n) is 3.86. The molecule has 1 aliphatic heterocycles. The predicted molar refractivity (Wildman–Crippen MR) is 78.8 cm³/mol. The number of aromatic nitrogens is 2. The second-order valence-electron chi connectivity index (χ2n) is 5.30. The molecule has 0 N–H and O–H groups in total. The van der Waals surface area contributed by atoms with E-state index >= 15 is 0 Å². The molecule has 1 aromatic carbocycles. The second-order valence-corrected chi connectivity index (χ2v) is 5.30. The lowest BCUT2D eigenvalue weighted by Crippen LogP contribution is -2.19. The van der Waals surface area contributed by atoms with Crippen LogP contribution in [0.15, 0.2) is 30.6 Å². The van der Waals surface area contributed by atoms with Gasteiger partial charge >= 0.3 is 6.61 Å². The van der Waals surface area contributed by atoms with Crippen molar-refractivity contribution in [2.24, 2.45) is 0 Å². The summed E-state index contributed by atoms with van der Waals surface area (Å²) in [4.78, 5) is 10.9. The smallest absolute Gasteiger partial charge is 0.387 e. The van der Waals surface area contributed by atoms with E-state index in [0.29, 0.717) is 25.1 Å². The molecule has 7 heteroatoms. The molecule has 2 heterocycles. The Bertz CT molecular complexity index is 682. The topological polar surface area (TPSA) is 53.4 Å². The molecule has 122 valence electrons. The van der Waals surface area contributed by atoms with Crippen molar-refractivity contribution in [1.82, 2.24) is 9.78 Å². The summed E-state index contributed by atoms with van der Waals surface area (Å²) < 4.78 is 36.5. The highest BCUT2D eigenvalue weighted by molar-refractivity contribution is 5.81. The van der Waals surface area contributed by atoms with Crippen LogP contribution in [0.1, 0.15) is 29.2 Å². The van der Waals surface area contributed by atoms with Crippen molar-refractivity contribution < 1.29 is 23.0 Å². The Morgan fingerprint density at radius 1 is 1.30 bits per heavy atom. The minimum absolute atomic E-state index is 0.0888. The molecular weight excluding hydrogens is 306 g/mol. The summed E-state index contributed by atoms with van der Waals surface area (Å²) in [7, 11) is 0. The molecule has 0 radical (unpaired) electrons. The van der Waals surface area contributed by atoms with E-state index in [9.17, 15) is 13.6 Å². The van der Waals surface area contributed by atoms with Gasteiger partial charge in [-0.05, 0) is 30.5 Å². The van der Waals surface area contributed by atoms with Crippen molar-refractivity contribution >= 4 is 6.29 Å². The first kappa shape index (κ1) is 15.6. The standard InChI is InChI=1S/C16H16F2N2O3/c17-16(18)23-15-7-11(1-2-12(15)10-21)13-8-19-20(9-13)14-3-5-22-6-4-14/h1-2,7-10,14,16H,3-6H2. The lowest BCUT2D eigenvalue weighted by molar-refractivity contribution is -0.0500. The van der Waals surface area contributed by atoms with Crippen LogP contribution in [-0.2, 0) is 4.74 Å². The molecule has 1 saturated heterocycles. The number of ether oxygens (including phenoxy) is 2. The number of aldehydes is 1. The minimum atomic E-state index is -2.98. The van der Waals surface area contributed by atoms with E-state index in [4.69, 9.17) is 4.74 Å². The fraction of sp³-hybridized carbons (Fsp3) is 0.375. The van der Waals surface area contributed by atoms with Gasteiger partial charge < -0.3 is 9.47 Å². The highest BCUT2D eigenvalue weighted by atomic mass is 19.3. The van der Waals surface area contributed by atoms with Gasteiger partial charge in [0.05, 0.1) is 17.8 Å². The number of hydrogen-bond acceptors (Lipinski definition) is 4. The zero-order chi connectivity index (χ0) is 16.2. The molecule has 0 saturated carbocycles. The van der Waals surface area contributed by atoms with Gasteiger partial charge in [-0.25, -0.2) is 0 Å². The van der Waals surface area contributed by atoms with Gasteiger partial charge in [-0.1, -0.05) is 6.07 Å². The molecule has 1 aromatic heterocycles. The van der Waals surface area contributed by atoms with Crippen LogP contribution in [0.4, 0.5) is 8.78 Å². The van der Waals surface area contributed by atoms with Gasteiger partial charge in [-0.2, -0.15) is 13.9 Å². The van der Waals surface area contributed by atoms with Crippen molar-refractivity contribution in [1.29, 1.82) is 0 Å². The largest absolute Gasteiger partial charge is 0.434 e. The van der Waals surface area contributed by atoms with Crippen LogP contribution in [0, 0.1) is 0 Å². The summed E-state index contributed by atoms with van der Waals surface area (Å²) >= 11 is 0. The third-order valence-corrected chi connectivity index (χ3v) is 3.86. The molecule has 0 spiro atoms. The molecule has 1 aliphatic rings. The number of carbonyl (C=O) groups is 1. The molecule has 1 fully saturated rings. The molecule has 0 amide bonds. The summed E-state index contributed by atoms with van der Waals surface area (Å²) in [6.45, 7) is -1.56.